The van der Waals surface area contributed by atoms with Crippen LogP contribution in [0.25, 0.3) is 5.69 Å². The Morgan fingerprint density at radius 1 is 1.20 bits per heavy atom. The summed E-state index contributed by atoms with van der Waals surface area (Å²) in [6.45, 7) is 0. The number of hydrogen-bond donors (Lipinski definition) is 0. The number of aromatic nitrogens is 3. The number of rotatable bonds is 2. The molecular weight excluding hydrogens is 298 g/mol. The number of alkyl halides is 3. The van der Waals surface area contributed by atoms with Crippen molar-refractivity contribution in [2.75, 3.05) is 0 Å². The molecule has 0 spiro atoms. The van der Waals surface area contributed by atoms with Crippen LogP contribution in [0.2, 0.25) is 5.28 Å². The quantitative estimate of drug-likeness (QED) is 0.786. The summed E-state index contributed by atoms with van der Waals surface area (Å²) >= 11 is 5.83. The molecule has 1 aliphatic carbocycles. The molecule has 106 valence electrons. The summed E-state index contributed by atoms with van der Waals surface area (Å²) in [4.78, 5) is 0. The molecule has 20 heavy (non-hydrogen) atoms. The van der Waals surface area contributed by atoms with E-state index in [0.717, 1.165) is 29.5 Å². The van der Waals surface area contributed by atoms with Gasteiger partial charge in [-0.05, 0) is 42.6 Å². The van der Waals surface area contributed by atoms with E-state index in [-0.39, 0.29) is 16.9 Å². The lowest BCUT2D eigenvalue weighted by atomic mass is 10.2. The zero-order chi connectivity index (χ0) is 14.5. The van der Waals surface area contributed by atoms with Gasteiger partial charge < -0.3 is 0 Å². The highest BCUT2D eigenvalue weighted by molar-refractivity contribution is 6.28. The Morgan fingerprint density at radius 2 is 1.90 bits per heavy atom. The third kappa shape index (κ3) is 2.26. The molecule has 1 saturated carbocycles. The maximum Gasteiger partial charge on any atom is 0.416 e. The molecule has 3 nitrogen and oxygen atoms in total. The fourth-order valence-electron chi connectivity index (χ4n) is 1.97. The Hall–Kier alpha value is -1.63. The van der Waals surface area contributed by atoms with E-state index in [9.17, 15) is 17.6 Å². The second-order valence-corrected chi connectivity index (χ2v) is 4.94. The molecule has 0 N–H and O–H groups in total. The van der Waals surface area contributed by atoms with E-state index in [1.165, 1.54) is 0 Å². The molecule has 3 rings (SSSR count). The number of hydrogen-bond acceptors (Lipinski definition) is 2. The highest BCUT2D eigenvalue weighted by Gasteiger charge is 2.34. The zero-order valence-electron chi connectivity index (χ0n) is 9.96. The summed E-state index contributed by atoms with van der Waals surface area (Å²) in [5.74, 6) is -0.334. The van der Waals surface area contributed by atoms with Gasteiger partial charge in [-0.3, -0.25) is 4.57 Å². The van der Waals surface area contributed by atoms with Crippen molar-refractivity contribution in [2.45, 2.75) is 24.9 Å². The Labute approximate surface area is 116 Å². The summed E-state index contributed by atoms with van der Waals surface area (Å²) in [6, 6.07) is 2.18. The van der Waals surface area contributed by atoms with E-state index in [2.05, 4.69) is 10.2 Å². The molecule has 1 aromatic heterocycles. The summed E-state index contributed by atoms with van der Waals surface area (Å²) in [6.07, 6.45) is -2.87. The van der Waals surface area contributed by atoms with Crippen LogP contribution in [0.1, 0.15) is 30.1 Å². The Kier molecular flexibility index (Phi) is 2.97. The summed E-state index contributed by atoms with van der Waals surface area (Å²) in [7, 11) is 0. The molecule has 8 heteroatoms. The standard InChI is InChI=1S/C12H8ClF4N3/c13-11-19-18-10(6-1-2-6)20(11)9-5-7(12(15,16)17)3-4-8(9)14/h3-6H,1-2H2. The van der Waals surface area contributed by atoms with Crippen LogP contribution in [0.3, 0.4) is 0 Å². The molecule has 0 unspecified atom stereocenters. The van der Waals surface area contributed by atoms with Crippen molar-refractivity contribution in [1.82, 2.24) is 14.8 Å². The largest absolute Gasteiger partial charge is 0.416 e. The van der Waals surface area contributed by atoms with Gasteiger partial charge in [0, 0.05) is 5.92 Å². The van der Waals surface area contributed by atoms with Crippen molar-refractivity contribution in [1.29, 1.82) is 0 Å². The van der Waals surface area contributed by atoms with E-state index >= 15 is 0 Å². The number of halogens is 5. The lowest BCUT2D eigenvalue weighted by Crippen LogP contribution is -2.09. The van der Waals surface area contributed by atoms with Crippen molar-refractivity contribution >= 4 is 11.6 Å². The smallest absolute Gasteiger partial charge is 0.267 e. The van der Waals surface area contributed by atoms with E-state index in [1.807, 2.05) is 0 Å². The van der Waals surface area contributed by atoms with E-state index < -0.39 is 17.6 Å². The average molecular weight is 306 g/mol. The average Bonchev–Trinajstić information content (AvgIpc) is 3.13. The van der Waals surface area contributed by atoms with Gasteiger partial charge in [-0.2, -0.15) is 13.2 Å². The van der Waals surface area contributed by atoms with Gasteiger partial charge in [-0.15, -0.1) is 10.2 Å². The molecule has 0 amide bonds. The minimum atomic E-state index is -4.55. The van der Waals surface area contributed by atoms with Gasteiger partial charge in [0.2, 0.25) is 5.28 Å². The first-order valence-corrected chi connectivity index (χ1v) is 6.23. The van der Waals surface area contributed by atoms with Gasteiger partial charge >= 0.3 is 6.18 Å². The first-order valence-electron chi connectivity index (χ1n) is 5.86. The maximum absolute atomic E-state index is 13.9. The third-order valence-electron chi connectivity index (χ3n) is 3.11. The molecular formula is C12H8ClF4N3. The monoisotopic (exact) mass is 305 g/mol. The Bertz CT molecular complexity index is 661. The van der Waals surface area contributed by atoms with Crippen LogP contribution >= 0.6 is 11.6 Å². The van der Waals surface area contributed by atoms with Crippen LogP contribution in [0.5, 0.6) is 0 Å². The normalized spacial score (nSPS) is 15.7. The minimum absolute atomic E-state index is 0.0731. The maximum atomic E-state index is 13.9. The van der Waals surface area contributed by atoms with Crippen LogP contribution < -0.4 is 0 Å². The van der Waals surface area contributed by atoms with Crippen molar-refractivity contribution < 1.29 is 17.6 Å². The van der Waals surface area contributed by atoms with E-state index in [1.54, 1.807) is 0 Å². The highest BCUT2D eigenvalue weighted by Crippen LogP contribution is 2.41. The SMILES string of the molecule is Fc1ccc(C(F)(F)F)cc1-n1c(Cl)nnc1C1CC1. The molecule has 0 radical (unpaired) electrons. The van der Waals surface area contributed by atoms with Crippen LogP contribution in [0, 0.1) is 5.82 Å². The van der Waals surface area contributed by atoms with Gasteiger partial charge in [0.1, 0.15) is 11.6 Å². The predicted octanol–water partition coefficient (Wildman–Crippen LogP) is 3.96. The summed E-state index contributed by atoms with van der Waals surface area (Å²) < 4.78 is 53.2. The second kappa shape index (κ2) is 4.44. The van der Waals surface area contributed by atoms with Gasteiger partial charge in [0.05, 0.1) is 11.3 Å². The van der Waals surface area contributed by atoms with Crippen LogP contribution in [0.15, 0.2) is 18.2 Å². The number of nitrogens with zero attached hydrogens (tertiary/aromatic N) is 3. The summed E-state index contributed by atoms with van der Waals surface area (Å²) in [5.41, 5.74) is -1.22. The molecule has 0 bridgehead atoms. The van der Waals surface area contributed by atoms with Crippen molar-refractivity contribution in [3.63, 3.8) is 0 Å². The van der Waals surface area contributed by atoms with Gasteiger partial charge in [-0.1, -0.05) is 0 Å². The van der Waals surface area contributed by atoms with E-state index in [4.69, 9.17) is 11.6 Å². The van der Waals surface area contributed by atoms with Crippen molar-refractivity contribution in [2.24, 2.45) is 0 Å². The Morgan fingerprint density at radius 3 is 2.50 bits per heavy atom. The van der Waals surface area contributed by atoms with Gasteiger partial charge in [0.25, 0.3) is 0 Å². The fourth-order valence-corrected chi connectivity index (χ4v) is 2.18. The van der Waals surface area contributed by atoms with E-state index in [0.29, 0.717) is 11.9 Å². The summed E-state index contributed by atoms with van der Waals surface area (Å²) in [5, 5.41) is 7.29. The lowest BCUT2D eigenvalue weighted by Gasteiger charge is -2.12. The first-order chi connectivity index (χ1) is 9.38. The van der Waals surface area contributed by atoms with Crippen LogP contribution in [-0.2, 0) is 6.18 Å². The predicted molar refractivity (Wildman–Crippen MR) is 63.3 cm³/mol. The topological polar surface area (TPSA) is 30.7 Å². The second-order valence-electron chi connectivity index (χ2n) is 4.60. The van der Waals surface area contributed by atoms with Crippen molar-refractivity contribution in [3.05, 3.63) is 40.7 Å². The molecule has 0 aliphatic heterocycles. The first kappa shape index (κ1) is 13.4. The number of benzene rings is 1. The molecule has 1 aromatic carbocycles. The molecule has 1 heterocycles. The molecule has 1 aliphatic rings. The molecule has 0 saturated heterocycles. The third-order valence-corrected chi connectivity index (χ3v) is 3.35. The Balaban J connectivity index is 2.16. The zero-order valence-corrected chi connectivity index (χ0v) is 10.7. The lowest BCUT2D eigenvalue weighted by molar-refractivity contribution is -0.137. The minimum Gasteiger partial charge on any atom is -0.267 e. The molecule has 2 aromatic rings. The fraction of sp³-hybridized carbons (Fsp3) is 0.333. The van der Waals surface area contributed by atoms with Crippen molar-refractivity contribution in [3.8, 4) is 5.69 Å². The van der Waals surface area contributed by atoms with Crippen LogP contribution in [0.4, 0.5) is 17.6 Å². The van der Waals surface area contributed by atoms with Gasteiger partial charge in [0.15, 0.2) is 0 Å². The molecule has 0 atom stereocenters. The highest BCUT2D eigenvalue weighted by atomic mass is 35.5. The molecule has 1 fully saturated rings. The van der Waals surface area contributed by atoms with Gasteiger partial charge in [-0.25, -0.2) is 4.39 Å². The van der Waals surface area contributed by atoms with Crippen LogP contribution in [-0.4, -0.2) is 14.8 Å².